The molecule has 1 heterocycles. The van der Waals surface area contributed by atoms with Gasteiger partial charge >= 0.3 is 5.97 Å². The highest BCUT2D eigenvalue weighted by atomic mass is 19.2. The second-order valence-corrected chi connectivity index (χ2v) is 4.78. The number of ether oxygens (including phenoxy) is 1. The Kier molecular flexibility index (Phi) is 5.13. The van der Waals surface area contributed by atoms with Gasteiger partial charge in [-0.1, -0.05) is 0 Å². The molecule has 1 aromatic heterocycles. The van der Waals surface area contributed by atoms with Crippen LogP contribution in [0.15, 0.2) is 17.1 Å². The summed E-state index contributed by atoms with van der Waals surface area (Å²) in [5.74, 6) is -5.90. The summed E-state index contributed by atoms with van der Waals surface area (Å²) in [6.07, 6.45) is 0.933. The van der Waals surface area contributed by atoms with E-state index < -0.39 is 52.0 Å². The maximum Gasteiger partial charge on any atom is 0.343 e. The van der Waals surface area contributed by atoms with E-state index in [9.17, 15) is 27.9 Å². The number of aromatic nitrogens is 1. The molecule has 0 bridgehead atoms. The Balaban J connectivity index is 2.95. The summed E-state index contributed by atoms with van der Waals surface area (Å²) in [5, 5.41) is 9.95. The van der Waals surface area contributed by atoms with Crippen molar-refractivity contribution in [1.82, 2.24) is 4.68 Å². The molecule has 24 heavy (non-hydrogen) atoms. The third-order valence-corrected chi connectivity index (χ3v) is 3.43. The summed E-state index contributed by atoms with van der Waals surface area (Å²) in [7, 11) is 0. The average Bonchev–Trinajstić information content (AvgIpc) is 2.56. The highest BCUT2D eigenvalue weighted by Gasteiger charge is 2.24. The van der Waals surface area contributed by atoms with Gasteiger partial charge in [-0.25, -0.2) is 18.0 Å². The van der Waals surface area contributed by atoms with Crippen LogP contribution in [-0.4, -0.2) is 35.6 Å². The van der Waals surface area contributed by atoms with Crippen molar-refractivity contribution in [3.8, 4) is 0 Å². The molecule has 1 N–H and O–H groups in total. The number of fused-ring (bicyclic) bond motifs is 1. The molecule has 1 aromatic carbocycles. The molecule has 9 heteroatoms. The second-order valence-electron chi connectivity index (χ2n) is 4.78. The van der Waals surface area contributed by atoms with Crippen molar-refractivity contribution in [1.29, 1.82) is 0 Å². The molecular formula is C15H15F3N2O4. The zero-order valence-corrected chi connectivity index (χ0v) is 13.0. The number of aliphatic hydroxyl groups excluding tert-OH is 1. The van der Waals surface area contributed by atoms with Crippen LogP contribution in [0.25, 0.3) is 10.9 Å². The quantitative estimate of drug-likeness (QED) is 0.506. The van der Waals surface area contributed by atoms with Crippen molar-refractivity contribution < 1.29 is 27.8 Å². The normalized spacial score (nSPS) is 10.9. The smallest absolute Gasteiger partial charge is 0.343 e. The van der Waals surface area contributed by atoms with Crippen molar-refractivity contribution in [3.05, 3.63) is 45.5 Å². The molecule has 0 atom stereocenters. The van der Waals surface area contributed by atoms with Crippen LogP contribution in [0, 0.1) is 17.5 Å². The Labute approximate surface area is 134 Å². The van der Waals surface area contributed by atoms with Crippen LogP contribution in [0.3, 0.4) is 0 Å². The lowest BCUT2D eigenvalue weighted by molar-refractivity contribution is 0.0524. The number of carbonyl (C=O) groups excluding carboxylic acids is 1. The molecule has 0 unspecified atom stereocenters. The SMILES string of the molecule is CCOC(=O)c1cn(N(CC)CO)c2c(F)c(F)c(F)cc2c1=O. The fourth-order valence-electron chi connectivity index (χ4n) is 2.27. The second kappa shape index (κ2) is 6.91. The molecule has 0 radical (unpaired) electrons. The average molecular weight is 344 g/mol. The van der Waals surface area contributed by atoms with Gasteiger partial charge in [0.15, 0.2) is 17.5 Å². The van der Waals surface area contributed by atoms with Gasteiger partial charge < -0.3 is 9.84 Å². The van der Waals surface area contributed by atoms with Crippen LogP contribution in [0.4, 0.5) is 13.2 Å². The Morgan fingerprint density at radius 1 is 1.29 bits per heavy atom. The predicted molar refractivity (Wildman–Crippen MR) is 79.9 cm³/mol. The Hall–Kier alpha value is -2.55. The number of benzene rings is 1. The summed E-state index contributed by atoms with van der Waals surface area (Å²) < 4.78 is 47.0. The van der Waals surface area contributed by atoms with Gasteiger partial charge in [0.1, 0.15) is 17.8 Å². The molecule has 0 saturated heterocycles. The van der Waals surface area contributed by atoms with E-state index in [0.29, 0.717) is 6.07 Å². The largest absolute Gasteiger partial charge is 0.462 e. The lowest BCUT2D eigenvalue weighted by Gasteiger charge is -2.26. The van der Waals surface area contributed by atoms with Gasteiger partial charge in [-0.3, -0.25) is 14.5 Å². The third-order valence-electron chi connectivity index (χ3n) is 3.43. The number of esters is 1. The minimum absolute atomic E-state index is 0.0139. The van der Waals surface area contributed by atoms with E-state index in [1.165, 1.54) is 6.92 Å². The van der Waals surface area contributed by atoms with Crippen LogP contribution in [0.2, 0.25) is 0 Å². The van der Waals surface area contributed by atoms with Crippen LogP contribution >= 0.6 is 0 Å². The minimum atomic E-state index is -1.76. The Morgan fingerprint density at radius 3 is 2.50 bits per heavy atom. The van der Waals surface area contributed by atoms with Gasteiger partial charge in [0.05, 0.1) is 12.0 Å². The maximum atomic E-state index is 14.2. The fourth-order valence-corrected chi connectivity index (χ4v) is 2.27. The standard InChI is InChI=1S/C15H15F3N2O4/c1-3-19(7-21)20-6-9(15(23)24-4-2)14(22)8-5-10(16)11(17)12(18)13(8)20/h5-6,21H,3-4,7H2,1-2H3. The highest BCUT2D eigenvalue weighted by molar-refractivity contribution is 5.94. The summed E-state index contributed by atoms with van der Waals surface area (Å²) in [4.78, 5) is 24.3. The molecular weight excluding hydrogens is 329 g/mol. The maximum absolute atomic E-state index is 14.2. The van der Waals surface area contributed by atoms with Gasteiger partial charge in [0.2, 0.25) is 5.43 Å². The first-order valence-electron chi connectivity index (χ1n) is 7.13. The third kappa shape index (κ3) is 2.82. The molecule has 0 aliphatic rings. The molecule has 2 aromatic rings. The summed E-state index contributed by atoms with van der Waals surface area (Å²) in [6.45, 7) is 2.63. The van der Waals surface area contributed by atoms with Crippen LogP contribution in [0.1, 0.15) is 24.2 Å². The van der Waals surface area contributed by atoms with Crippen molar-refractivity contribution >= 4 is 16.9 Å². The van der Waals surface area contributed by atoms with Crippen LogP contribution in [0.5, 0.6) is 0 Å². The fraction of sp³-hybridized carbons (Fsp3) is 0.333. The summed E-state index contributed by atoms with van der Waals surface area (Å²) in [6, 6.07) is 0.514. The molecule has 0 saturated carbocycles. The van der Waals surface area contributed by atoms with Crippen molar-refractivity contribution in [2.24, 2.45) is 0 Å². The van der Waals surface area contributed by atoms with Crippen LogP contribution < -0.4 is 10.4 Å². The molecule has 0 amide bonds. The number of halogens is 3. The first kappa shape index (κ1) is 17.8. The number of rotatable bonds is 5. The predicted octanol–water partition coefficient (Wildman–Crippen LogP) is 1.50. The van der Waals surface area contributed by atoms with E-state index in [0.717, 1.165) is 15.9 Å². The number of carbonyl (C=O) groups is 1. The topological polar surface area (TPSA) is 71.8 Å². The molecule has 0 aliphatic carbocycles. The lowest BCUT2D eigenvalue weighted by atomic mass is 10.1. The zero-order chi connectivity index (χ0) is 18.0. The number of nitrogens with zero attached hydrogens (tertiary/aromatic N) is 2. The number of hydrogen-bond donors (Lipinski definition) is 1. The molecule has 0 fully saturated rings. The number of aliphatic hydroxyl groups is 1. The van der Waals surface area contributed by atoms with Crippen molar-refractivity contribution in [2.45, 2.75) is 13.8 Å². The van der Waals surface area contributed by atoms with E-state index in [-0.39, 0.29) is 13.2 Å². The number of hydrogen-bond acceptors (Lipinski definition) is 5. The molecule has 130 valence electrons. The lowest BCUT2D eigenvalue weighted by Crippen LogP contribution is -2.38. The minimum Gasteiger partial charge on any atom is -0.462 e. The van der Waals surface area contributed by atoms with Crippen molar-refractivity contribution in [3.63, 3.8) is 0 Å². The Bertz CT molecular complexity index is 847. The highest BCUT2D eigenvalue weighted by Crippen LogP contribution is 2.22. The molecule has 0 spiro atoms. The number of pyridine rings is 1. The van der Waals surface area contributed by atoms with E-state index in [4.69, 9.17) is 4.74 Å². The molecule has 6 nitrogen and oxygen atoms in total. The van der Waals surface area contributed by atoms with E-state index >= 15 is 0 Å². The first-order chi connectivity index (χ1) is 11.4. The van der Waals surface area contributed by atoms with Gasteiger partial charge in [-0.2, -0.15) is 0 Å². The van der Waals surface area contributed by atoms with Gasteiger partial charge in [-0.15, -0.1) is 0 Å². The zero-order valence-electron chi connectivity index (χ0n) is 13.0. The summed E-state index contributed by atoms with van der Waals surface area (Å²) >= 11 is 0. The molecule has 0 aliphatic heterocycles. The van der Waals surface area contributed by atoms with Gasteiger partial charge in [-0.05, 0) is 19.9 Å². The van der Waals surface area contributed by atoms with Gasteiger partial charge in [0.25, 0.3) is 0 Å². The van der Waals surface area contributed by atoms with Crippen molar-refractivity contribution in [2.75, 3.05) is 24.9 Å². The van der Waals surface area contributed by atoms with E-state index in [1.54, 1.807) is 6.92 Å². The Morgan fingerprint density at radius 2 is 1.96 bits per heavy atom. The van der Waals surface area contributed by atoms with Gasteiger partial charge in [0, 0.05) is 12.7 Å². The first-order valence-corrected chi connectivity index (χ1v) is 7.13. The van der Waals surface area contributed by atoms with Crippen LogP contribution in [-0.2, 0) is 4.74 Å². The molecule has 2 rings (SSSR count). The van der Waals surface area contributed by atoms with E-state index in [1.807, 2.05) is 0 Å². The summed E-state index contributed by atoms with van der Waals surface area (Å²) in [5.41, 5.74) is -2.06. The monoisotopic (exact) mass is 344 g/mol. The van der Waals surface area contributed by atoms with E-state index in [2.05, 4.69) is 0 Å².